The second-order valence-corrected chi connectivity index (χ2v) is 5.40. The molecule has 0 aliphatic heterocycles. The number of benzene rings is 2. The van der Waals surface area contributed by atoms with E-state index in [2.05, 4.69) is 5.32 Å². The Kier molecular flexibility index (Phi) is 7.46. The fourth-order valence-electron chi connectivity index (χ4n) is 2.08. The smallest absolute Gasteiger partial charge is 0.303 e. The molecule has 0 unspecified atom stereocenters. The SMILES string of the molecule is O=C(O)CCCOc1ccc(NC(=O)COCc2ccccc2)cc1. The number of nitrogens with one attached hydrogen (secondary N) is 1. The lowest BCUT2D eigenvalue weighted by molar-refractivity contribution is -0.137. The van der Waals surface area contributed by atoms with Crippen LogP contribution in [-0.2, 0) is 20.9 Å². The van der Waals surface area contributed by atoms with E-state index in [0.29, 0.717) is 31.1 Å². The van der Waals surface area contributed by atoms with Crippen LogP contribution in [0.1, 0.15) is 18.4 Å². The minimum Gasteiger partial charge on any atom is -0.494 e. The van der Waals surface area contributed by atoms with Crippen molar-refractivity contribution >= 4 is 17.6 Å². The summed E-state index contributed by atoms with van der Waals surface area (Å²) in [5, 5.41) is 11.3. The zero-order valence-electron chi connectivity index (χ0n) is 13.8. The van der Waals surface area contributed by atoms with Crippen LogP contribution in [0.2, 0.25) is 0 Å². The zero-order valence-corrected chi connectivity index (χ0v) is 13.8. The number of hydrogen-bond donors (Lipinski definition) is 2. The highest BCUT2D eigenvalue weighted by atomic mass is 16.5. The Balaban J connectivity index is 1.67. The van der Waals surface area contributed by atoms with Crippen molar-refractivity contribution in [2.75, 3.05) is 18.5 Å². The molecule has 0 aliphatic carbocycles. The lowest BCUT2D eigenvalue weighted by Crippen LogP contribution is -2.18. The second kappa shape index (κ2) is 10.1. The number of carbonyl (C=O) groups is 2. The van der Waals surface area contributed by atoms with Crippen molar-refractivity contribution in [1.29, 1.82) is 0 Å². The Bertz CT molecular complexity index is 670. The number of ether oxygens (including phenoxy) is 2. The number of hydrogen-bond acceptors (Lipinski definition) is 4. The van der Waals surface area contributed by atoms with Crippen LogP contribution in [-0.4, -0.2) is 30.2 Å². The highest BCUT2D eigenvalue weighted by molar-refractivity contribution is 5.91. The molecule has 2 N–H and O–H groups in total. The van der Waals surface area contributed by atoms with Crippen molar-refractivity contribution in [2.24, 2.45) is 0 Å². The van der Waals surface area contributed by atoms with Crippen LogP contribution >= 0.6 is 0 Å². The van der Waals surface area contributed by atoms with Crippen LogP contribution in [0.4, 0.5) is 5.69 Å². The molecule has 132 valence electrons. The highest BCUT2D eigenvalue weighted by Crippen LogP contribution is 2.16. The minimum atomic E-state index is -0.837. The number of rotatable bonds is 10. The van der Waals surface area contributed by atoms with Gasteiger partial charge in [-0.15, -0.1) is 0 Å². The van der Waals surface area contributed by atoms with Gasteiger partial charge >= 0.3 is 5.97 Å². The third-order valence-corrected chi connectivity index (χ3v) is 3.29. The monoisotopic (exact) mass is 343 g/mol. The van der Waals surface area contributed by atoms with E-state index in [9.17, 15) is 9.59 Å². The molecule has 2 rings (SSSR count). The summed E-state index contributed by atoms with van der Waals surface area (Å²) in [5.74, 6) is -0.439. The summed E-state index contributed by atoms with van der Waals surface area (Å²) in [7, 11) is 0. The van der Waals surface area contributed by atoms with Crippen LogP contribution in [0, 0.1) is 0 Å². The van der Waals surface area contributed by atoms with Gasteiger partial charge in [0.1, 0.15) is 12.4 Å². The van der Waals surface area contributed by atoms with Crippen LogP contribution in [0.5, 0.6) is 5.75 Å². The molecule has 0 atom stereocenters. The maximum Gasteiger partial charge on any atom is 0.303 e. The molecular formula is C19H21NO5. The Labute approximate surface area is 146 Å². The van der Waals surface area contributed by atoms with E-state index in [-0.39, 0.29) is 18.9 Å². The predicted molar refractivity (Wildman–Crippen MR) is 93.5 cm³/mol. The van der Waals surface area contributed by atoms with Crippen LogP contribution < -0.4 is 10.1 Å². The van der Waals surface area contributed by atoms with Crippen LogP contribution in [0.25, 0.3) is 0 Å². The summed E-state index contributed by atoms with van der Waals surface area (Å²) in [5.41, 5.74) is 1.66. The number of carboxylic acids is 1. The largest absolute Gasteiger partial charge is 0.494 e. The maximum atomic E-state index is 11.8. The lowest BCUT2D eigenvalue weighted by atomic mass is 10.2. The highest BCUT2D eigenvalue weighted by Gasteiger charge is 2.04. The topological polar surface area (TPSA) is 84.9 Å². The quantitative estimate of drug-likeness (QED) is 0.648. The number of aliphatic carboxylic acids is 1. The van der Waals surface area contributed by atoms with Crippen molar-refractivity contribution in [3.05, 3.63) is 60.2 Å². The molecular weight excluding hydrogens is 322 g/mol. The predicted octanol–water partition coefficient (Wildman–Crippen LogP) is 3.09. The Morgan fingerprint density at radius 3 is 2.40 bits per heavy atom. The molecule has 2 aromatic carbocycles. The van der Waals surface area contributed by atoms with E-state index in [1.807, 2.05) is 30.3 Å². The van der Waals surface area contributed by atoms with Crippen LogP contribution in [0.3, 0.4) is 0 Å². The average molecular weight is 343 g/mol. The normalized spacial score (nSPS) is 10.2. The number of carboxylic acid groups (broad SMARTS) is 1. The lowest BCUT2D eigenvalue weighted by Gasteiger charge is -2.08. The molecule has 0 saturated heterocycles. The van der Waals surface area contributed by atoms with Crippen molar-refractivity contribution in [3.63, 3.8) is 0 Å². The summed E-state index contributed by atoms with van der Waals surface area (Å²) < 4.78 is 10.8. The van der Waals surface area contributed by atoms with Crippen molar-refractivity contribution in [3.8, 4) is 5.75 Å². The molecule has 2 aromatic rings. The summed E-state index contributed by atoms with van der Waals surface area (Å²) in [6.45, 7) is 0.699. The molecule has 1 amide bonds. The van der Waals surface area contributed by atoms with E-state index in [1.165, 1.54) is 0 Å². The van der Waals surface area contributed by atoms with Gasteiger partial charge in [-0.2, -0.15) is 0 Å². The molecule has 0 saturated carbocycles. The summed E-state index contributed by atoms with van der Waals surface area (Å²) in [6, 6.07) is 16.5. The first kappa shape index (κ1) is 18.5. The van der Waals surface area contributed by atoms with E-state index >= 15 is 0 Å². The average Bonchev–Trinajstić information content (AvgIpc) is 2.61. The minimum absolute atomic E-state index is 0.0255. The molecule has 0 radical (unpaired) electrons. The number of carbonyl (C=O) groups excluding carboxylic acids is 1. The van der Waals surface area contributed by atoms with Gasteiger partial charge in [-0.25, -0.2) is 0 Å². The Morgan fingerprint density at radius 1 is 1.00 bits per heavy atom. The van der Waals surface area contributed by atoms with Gasteiger partial charge in [-0.05, 0) is 36.2 Å². The summed E-state index contributed by atoms with van der Waals surface area (Å²) in [6.07, 6.45) is 0.531. The number of anilines is 1. The van der Waals surface area contributed by atoms with Gasteiger partial charge in [-0.1, -0.05) is 30.3 Å². The third-order valence-electron chi connectivity index (χ3n) is 3.29. The molecule has 0 fully saturated rings. The van der Waals surface area contributed by atoms with Crippen molar-refractivity contribution in [2.45, 2.75) is 19.4 Å². The Morgan fingerprint density at radius 2 is 1.72 bits per heavy atom. The van der Waals surface area contributed by atoms with Crippen LogP contribution in [0.15, 0.2) is 54.6 Å². The molecule has 6 nitrogen and oxygen atoms in total. The molecule has 0 aromatic heterocycles. The van der Waals surface area contributed by atoms with Crippen molar-refractivity contribution < 1.29 is 24.2 Å². The fourth-order valence-corrected chi connectivity index (χ4v) is 2.08. The summed E-state index contributed by atoms with van der Waals surface area (Å²) >= 11 is 0. The molecule has 0 aliphatic rings. The van der Waals surface area contributed by atoms with Gasteiger partial charge in [0.15, 0.2) is 0 Å². The van der Waals surface area contributed by atoms with E-state index in [4.69, 9.17) is 14.6 Å². The third kappa shape index (κ3) is 7.50. The van der Waals surface area contributed by atoms with Gasteiger partial charge in [0.25, 0.3) is 0 Å². The molecule has 25 heavy (non-hydrogen) atoms. The molecule has 0 heterocycles. The fraction of sp³-hybridized carbons (Fsp3) is 0.263. The molecule has 0 spiro atoms. The van der Waals surface area contributed by atoms with Gasteiger partial charge in [0, 0.05) is 12.1 Å². The first-order chi connectivity index (χ1) is 12.1. The van der Waals surface area contributed by atoms with Gasteiger partial charge in [-0.3, -0.25) is 9.59 Å². The molecule has 6 heteroatoms. The van der Waals surface area contributed by atoms with E-state index in [1.54, 1.807) is 24.3 Å². The van der Waals surface area contributed by atoms with E-state index < -0.39 is 5.97 Å². The summed E-state index contributed by atoms with van der Waals surface area (Å²) in [4.78, 5) is 22.2. The zero-order chi connectivity index (χ0) is 17.9. The maximum absolute atomic E-state index is 11.8. The van der Waals surface area contributed by atoms with Gasteiger partial charge < -0.3 is 19.9 Å². The van der Waals surface area contributed by atoms with Crippen molar-refractivity contribution in [1.82, 2.24) is 0 Å². The Hall–Kier alpha value is -2.86. The standard InChI is InChI=1S/C19H21NO5/c21-18(14-24-13-15-5-2-1-3-6-15)20-16-8-10-17(11-9-16)25-12-4-7-19(22)23/h1-3,5-6,8-11H,4,7,12-14H2,(H,20,21)(H,22,23). The second-order valence-electron chi connectivity index (χ2n) is 5.40. The van der Waals surface area contributed by atoms with Gasteiger partial charge in [0.05, 0.1) is 13.2 Å². The first-order valence-corrected chi connectivity index (χ1v) is 7.99. The van der Waals surface area contributed by atoms with Gasteiger partial charge in [0.2, 0.25) is 5.91 Å². The van der Waals surface area contributed by atoms with E-state index in [0.717, 1.165) is 5.56 Å². The number of amides is 1. The molecule has 0 bridgehead atoms. The first-order valence-electron chi connectivity index (χ1n) is 7.99.